The lowest BCUT2D eigenvalue weighted by atomic mass is 10.2. The number of nitrogens with one attached hydrogen (secondary N) is 1. The molecular formula is C20H31N7S. The number of likely N-dealkylation sites (N-methyl/N-ethyl adjacent to an activating group) is 1. The van der Waals surface area contributed by atoms with E-state index in [9.17, 15) is 0 Å². The maximum absolute atomic E-state index is 4.79. The molecule has 0 spiro atoms. The lowest BCUT2D eigenvalue weighted by molar-refractivity contribution is 0.312. The highest BCUT2D eigenvalue weighted by Gasteiger charge is 2.15. The zero-order valence-electron chi connectivity index (χ0n) is 17.4. The number of thiazole rings is 1. The average molecular weight is 402 g/mol. The Kier molecular flexibility index (Phi) is 7.22. The molecule has 0 bridgehead atoms. The number of hydrogen-bond donors (Lipinski definition) is 1. The minimum absolute atomic E-state index is 0.610. The monoisotopic (exact) mass is 401 g/mol. The van der Waals surface area contributed by atoms with Gasteiger partial charge >= 0.3 is 0 Å². The second kappa shape index (κ2) is 9.84. The SMILES string of the molecule is CCNC(=NCc1ccc(N2CCN(C)CC2)nc1)N(C)Cc1csc(C)n1. The van der Waals surface area contributed by atoms with Gasteiger partial charge in [0.15, 0.2) is 5.96 Å². The highest BCUT2D eigenvalue weighted by atomic mass is 32.1. The standard InChI is InChI=1S/C20H31N7S/c1-5-21-20(26(4)14-18-15-28-16(2)24-18)23-13-17-6-7-19(22-12-17)27-10-8-25(3)9-11-27/h6-7,12,15H,5,8-11,13-14H2,1-4H3,(H,21,23). The quantitative estimate of drug-likeness (QED) is 0.592. The summed E-state index contributed by atoms with van der Waals surface area (Å²) in [5, 5.41) is 6.57. The third-order valence-electron chi connectivity index (χ3n) is 4.81. The van der Waals surface area contributed by atoms with Gasteiger partial charge in [-0.25, -0.2) is 15.0 Å². The third-order valence-corrected chi connectivity index (χ3v) is 5.63. The largest absolute Gasteiger partial charge is 0.357 e. The van der Waals surface area contributed by atoms with Crippen LogP contribution in [-0.4, -0.2) is 72.5 Å². The average Bonchev–Trinajstić information content (AvgIpc) is 3.10. The number of pyridine rings is 1. The fourth-order valence-electron chi connectivity index (χ4n) is 3.17. The summed E-state index contributed by atoms with van der Waals surface area (Å²) < 4.78 is 0. The topological polar surface area (TPSA) is 59.9 Å². The number of piperazine rings is 1. The lowest BCUT2D eigenvalue weighted by Gasteiger charge is -2.33. The Hall–Kier alpha value is -2.19. The van der Waals surface area contributed by atoms with Crippen molar-refractivity contribution in [3.05, 3.63) is 40.0 Å². The van der Waals surface area contributed by atoms with Gasteiger partial charge in [0.05, 0.1) is 23.8 Å². The van der Waals surface area contributed by atoms with Gasteiger partial charge in [0.2, 0.25) is 0 Å². The summed E-state index contributed by atoms with van der Waals surface area (Å²) >= 11 is 1.68. The van der Waals surface area contributed by atoms with Crippen molar-refractivity contribution >= 4 is 23.1 Å². The zero-order chi connectivity index (χ0) is 19.9. The molecular weight excluding hydrogens is 370 g/mol. The van der Waals surface area contributed by atoms with Crippen molar-refractivity contribution in [3.8, 4) is 0 Å². The highest BCUT2D eigenvalue weighted by Crippen LogP contribution is 2.14. The Labute approximate surface area is 172 Å². The summed E-state index contributed by atoms with van der Waals surface area (Å²) in [4.78, 5) is 20.8. The number of anilines is 1. The molecule has 2 aromatic heterocycles. The predicted octanol–water partition coefficient (Wildman–Crippen LogP) is 2.20. The van der Waals surface area contributed by atoms with Crippen molar-refractivity contribution in [1.29, 1.82) is 0 Å². The van der Waals surface area contributed by atoms with Crippen LogP contribution in [0.4, 0.5) is 5.82 Å². The molecule has 0 saturated carbocycles. The molecule has 152 valence electrons. The number of aliphatic imine (C=N–C) groups is 1. The van der Waals surface area contributed by atoms with E-state index in [0.29, 0.717) is 6.54 Å². The van der Waals surface area contributed by atoms with Gasteiger partial charge in [-0.2, -0.15) is 0 Å². The number of hydrogen-bond acceptors (Lipinski definition) is 6. The molecule has 0 unspecified atom stereocenters. The highest BCUT2D eigenvalue weighted by molar-refractivity contribution is 7.09. The molecule has 0 aromatic carbocycles. The molecule has 2 aromatic rings. The van der Waals surface area contributed by atoms with E-state index in [1.807, 2.05) is 20.2 Å². The minimum atomic E-state index is 0.610. The lowest BCUT2D eigenvalue weighted by Crippen LogP contribution is -2.44. The van der Waals surface area contributed by atoms with Crippen LogP contribution in [0.2, 0.25) is 0 Å². The van der Waals surface area contributed by atoms with Crippen LogP contribution < -0.4 is 10.2 Å². The molecule has 0 radical (unpaired) electrons. The van der Waals surface area contributed by atoms with Gasteiger partial charge < -0.3 is 20.0 Å². The second-order valence-corrected chi connectivity index (χ2v) is 8.26. The summed E-state index contributed by atoms with van der Waals surface area (Å²) in [6, 6.07) is 4.25. The van der Waals surface area contributed by atoms with E-state index >= 15 is 0 Å². The van der Waals surface area contributed by atoms with E-state index in [1.54, 1.807) is 11.3 Å². The van der Waals surface area contributed by atoms with Crippen LogP contribution >= 0.6 is 11.3 Å². The van der Waals surface area contributed by atoms with Gasteiger partial charge in [-0.1, -0.05) is 6.07 Å². The Morgan fingerprint density at radius 1 is 1.29 bits per heavy atom. The molecule has 8 heteroatoms. The Bertz CT molecular complexity index is 763. The number of aryl methyl sites for hydroxylation is 1. The number of guanidine groups is 1. The molecule has 1 saturated heterocycles. The number of nitrogens with zero attached hydrogens (tertiary/aromatic N) is 6. The maximum Gasteiger partial charge on any atom is 0.194 e. The summed E-state index contributed by atoms with van der Waals surface area (Å²) in [7, 11) is 4.21. The van der Waals surface area contributed by atoms with Crippen molar-refractivity contribution in [2.45, 2.75) is 26.9 Å². The van der Waals surface area contributed by atoms with Gasteiger partial charge in [0, 0.05) is 51.3 Å². The molecule has 0 amide bonds. The Balaban J connectivity index is 1.60. The molecule has 3 heterocycles. The maximum atomic E-state index is 4.79. The molecule has 1 aliphatic rings. The fourth-order valence-corrected chi connectivity index (χ4v) is 3.77. The summed E-state index contributed by atoms with van der Waals surface area (Å²) in [5.41, 5.74) is 2.19. The first-order valence-electron chi connectivity index (χ1n) is 9.84. The molecule has 0 aliphatic carbocycles. The van der Waals surface area contributed by atoms with Crippen LogP contribution in [0.15, 0.2) is 28.7 Å². The van der Waals surface area contributed by atoms with Crippen LogP contribution in [0.3, 0.4) is 0 Å². The molecule has 1 N–H and O–H groups in total. The minimum Gasteiger partial charge on any atom is -0.357 e. The van der Waals surface area contributed by atoms with Gasteiger partial charge in [-0.3, -0.25) is 0 Å². The van der Waals surface area contributed by atoms with Crippen molar-refractivity contribution in [2.24, 2.45) is 4.99 Å². The van der Waals surface area contributed by atoms with E-state index in [-0.39, 0.29) is 0 Å². The van der Waals surface area contributed by atoms with Gasteiger partial charge in [-0.15, -0.1) is 11.3 Å². The fraction of sp³-hybridized carbons (Fsp3) is 0.550. The summed E-state index contributed by atoms with van der Waals surface area (Å²) in [5.74, 6) is 1.94. The molecule has 0 atom stereocenters. The molecule has 28 heavy (non-hydrogen) atoms. The predicted molar refractivity (Wildman–Crippen MR) is 117 cm³/mol. The van der Waals surface area contributed by atoms with Crippen LogP contribution in [0.1, 0.15) is 23.2 Å². The van der Waals surface area contributed by atoms with E-state index in [0.717, 1.165) is 67.3 Å². The first-order valence-corrected chi connectivity index (χ1v) is 10.7. The van der Waals surface area contributed by atoms with Gasteiger partial charge in [0.25, 0.3) is 0 Å². The second-order valence-electron chi connectivity index (χ2n) is 7.20. The van der Waals surface area contributed by atoms with E-state index in [2.05, 4.69) is 61.5 Å². The molecule has 1 fully saturated rings. The first kappa shape index (κ1) is 20.5. The summed E-state index contributed by atoms with van der Waals surface area (Å²) in [6.07, 6.45) is 1.95. The Morgan fingerprint density at radius 2 is 2.07 bits per heavy atom. The number of rotatable bonds is 6. The normalized spacial score (nSPS) is 15.7. The third kappa shape index (κ3) is 5.65. The van der Waals surface area contributed by atoms with Crippen molar-refractivity contribution in [2.75, 3.05) is 51.7 Å². The Morgan fingerprint density at radius 3 is 2.68 bits per heavy atom. The molecule has 7 nitrogen and oxygen atoms in total. The first-order chi connectivity index (χ1) is 13.5. The number of aromatic nitrogens is 2. The summed E-state index contributed by atoms with van der Waals surface area (Å²) in [6.45, 7) is 10.6. The van der Waals surface area contributed by atoms with Crippen LogP contribution in [-0.2, 0) is 13.1 Å². The van der Waals surface area contributed by atoms with Crippen molar-refractivity contribution in [3.63, 3.8) is 0 Å². The van der Waals surface area contributed by atoms with E-state index < -0.39 is 0 Å². The van der Waals surface area contributed by atoms with Crippen molar-refractivity contribution < 1.29 is 0 Å². The van der Waals surface area contributed by atoms with E-state index in [4.69, 9.17) is 4.99 Å². The van der Waals surface area contributed by atoms with Crippen LogP contribution in [0.25, 0.3) is 0 Å². The van der Waals surface area contributed by atoms with Gasteiger partial charge in [0.1, 0.15) is 5.82 Å². The zero-order valence-corrected chi connectivity index (χ0v) is 18.2. The van der Waals surface area contributed by atoms with Crippen LogP contribution in [0.5, 0.6) is 0 Å². The smallest absolute Gasteiger partial charge is 0.194 e. The van der Waals surface area contributed by atoms with Gasteiger partial charge in [-0.05, 0) is 32.5 Å². The van der Waals surface area contributed by atoms with E-state index in [1.165, 1.54) is 0 Å². The van der Waals surface area contributed by atoms with Crippen molar-refractivity contribution in [1.82, 2.24) is 25.1 Å². The van der Waals surface area contributed by atoms with Crippen LogP contribution in [0, 0.1) is 6.92 Å². The molecule has 3 rings (SSSR count). The molecule has 1 aliphatic heterocycles.